The molecule has 0 bridgehead atoms. The Bertz CT molecular complexity index is 2150. The molecular weight excluding hydrogens is 665 g/mol. The summed E-state index contributed by atoms with van der Waals surface area (Å²) in [6.07, 6.45) is 16.8. The molecule has 2 atom stereocenters. The lowest BCUT2D eigenvalue weighted by Gasteiger charge is -2.23. The zero-order chi connectivity index (χ0) is 36.0. The molecular formula is C42H42N8O3. The second-order valence-corrected chi connectivity index (χ2v) is 13.7. The van der Waals surface area contributed by atoms with E-state index in [1.165, 1.54) is 0 Å². The van der Waals surface area contributed by atoms with Crippen molar-refractivity contribution < 1.29 is 14.3 Å². The number of aromatic amines is 2. The average Bonchev–Trinajstić information content (AvgIpc) is 4.04. The van der Waals surface area contributed by atoms with E-state index in [-0.39, 0.29) is 23.9 Å². The van der Waals surface area contributed by atoms with E-state index in [9.17, 15) is 9.59 Å². The summed E-state index contributed by atoms with van der Waals surface area (Å²) in [5.41, 5.74) is 5.75. The predicted molar refractivity (Wildman–Crippen MR) is 201 cm³/mol. The Labute approximate surface area is 308 Å². The third kappa shape index (κ3) is 7.89. The molecule has 0 spiro atoms. The second kappa shape index (κ2) is 15.6. The Kier molecular flexibility index (Phi) is 10.0. The fourth-order valence-electron chi connectivity index (χ4n) is 7.45. The van der Waals surface area contributed by atoms with Gasteiger partial charge in [0.05, 0.1) is 29.7 Å². The molecule has 6 aromatic rings. The first-order valence-corrected chi connectivity index (χ1v) is 18.4. The average molecular weight is 707 g/mol. The van der Waals surface area contributed by atoms with Gasteiger partial charge in [0.1, 0.15) is 23.1 Å². The third-order valence-corrected chi connectivity index (χ3v) is 10.2. The molecule has 268 valence electrons. The van der Waals surface area contributed by atoms with Crippen molar-refractivity contribution in [2.24, 2.45) is 0 Å². The van der Waals surface area contributed by atoms with Crippen molar-refractivity contribution in [3.05, 3.63) is 133 Å². The maximum atomic E-state index is 13.2. The number of benzene rings is 2. The Morgan fingerprint density at radius 3 is 2.02 bits per heavy atom. The summed E-state index contributed by atoms with van der Waals surface area (Å²) in [6, 6.07) is 23.5. The molecule has 2 fully saturated rings. The van der Waals surface area contributed by atoms with Gasteiger partial charge in [-0.15, -0.1) is 0 Å². The van der Waals surface area contributed by atoms with Crippen LogP contribution >= 0.6 is 0 Å². The van der Waals surface area contributed by atoms with Crippen molar-refractivity contribution in [3.63, 3.8) is 0 Å². The van der Waals surface area contributed by atoms with Crippen LogP contribution in [0.3, 0.4) is 0 Å². The molecule has 0 unspecified atom stereocenters. The molecule has 53 heavy (non-hydrogen) atoms. The summed E-state index contributed by atoms with van der Waals surface area (Å²) in [5, 5.41) is 0. The fourth-order valence-corrected chi connectivity index (χ4v) is 7.45. The number of rotatable bonds is 12. The first-order valence-electron chi connectivity index (χ1n) is 18.4. The second-order valence-electron chi connectivity index (χ2n) is 13.7. The predicted octanol–water partition coefficient (Wildman–Crippen LogP) is 7.64. The Morgan fingerprint density at radius 2 is 1.38 bits per heavy atom. The molecule has 0 saturated carbocycles. The largest absolute Gasteiger partial charge is 0.457 e. The number of pyridine rings is 2. The molecule has 2 N–H and O–H groups in total. The number of aryl methyl sites for hydroxylation is 2. The van der Waals surface area contributed by atoms with E-state index in [4.69, 9.17) is 14.7 Å². The lowest BCUT2D eigenvalue weighted by molar-refractivity contribution is -0.133. The minimum absolute atomic E-state index is 0.0481. The minimum atomic E-state index is -0.0588. The standard InChI is InChI=1S/C42H42N8O3/c51-39(18-12-29-6-2-20-43-25-29)49-22-4-10-37(49)41-45-27-35(47-41)31-14-16-33(17-15-31)53-34-9-1-8-32(24-34)36-28-46-42(48-36)38-11-5-23-50(38)40(52)19-13-30-7-3-21-44-26-30/h1-3,6-9,14-17,20-21,24-28,37-38H,4-5,10-13,18-19,22-23H2,(H,45,47)(H,46,48)/t37-,38-/m0/s1. The van der Waals surface area contributed by atoms with Gasteiger partial charge in [-0.1, -0.05) is 24.3 Å². The van der Waals surface area contributed by atoms with Gasteiger partial charge in [-0.25, -0.2) is 9.97 Å². The van der Waals surface area contributed by atoms with E-state index in [0.717, 1.165) is 84.1 Å². The molecule has 11 heteroatoms. The SMILES string of the molecule is O=C(CCc1cccnc1)N1CCC[C@H]1c1nc(-c2cccc(Oc3ccc(-c4cnc([C@@H]5CCCN5C(=O)CCc5cccnc5)[nH]4)cc3)c2)c[nH]1. The molecule has 6 heterocycles. The van der Waals surface area contributed by atoms with Gasteiger partial charge in [0, 0.05) is 62.5 Å². The first kappa shape index (κ1) is 34.0. The molecule has 11 nitrogen and oxygen atoms in total. The lowest BCUT2D eigenvalue weighted by Crippen LogP contribution is -2.31. The summed E-state index contributed by atoms with van der Waals surface area (Å²) in [7, 11) is 0. The zero-order valence-electron chi connectivity index (χ0n) is 29.5. The monoisotopic (exact) mass is 706 g/mol. The Morgan fingerprint density at radius 1 is 0.717 bits per heavy atom. The van der Waals surface area contributed by atoms with E-state index in [1.54, 1.807) is 12.4 Å². The Hall–Kier alpha value is -6.10. The van der Waals surface area contributed by atoms with Gasteiger partial charge in [0.2, 0.25) is 11.8 Å². The number of likely N-dealkylation sites (tertiary alicyclic amines) is 2. The summed E-state index contributed by atoms with van der Waals surface area (Å²) in [6.45, 7) is 1.49. The van der Waals surface area contributed by atoms with Gasteiger partial charge in [0.25, 0.3) is 0 Å². The number of imidazole rings is 2. The highest BCUT2D eigenvalue weighted by molar-refractivity contribution is 5.78. The van der Waals surface area contributed by atoms with Crippen LogP contribution in [0.25, 0.3) is 22.5 Å². The van der Waals surface area contributed by atoms with Crippen molar-refractivity contribution in [1.29, 1.82) is 0 Å². The molecule has 2 saturated heterocycles. The topological polar surface area (TPSA) is 133 Å². The van der Waals surface area contributed by atoms with Gasteiger partial charge in [-0.05, 0) is 104 Å². The van der Waals surface area contributed by atoms with Gasteiger partial charge < -0.3 is 24.5 Å². The van der Waals surface area contributed by atoms with Crippen LogP contribution in [-0.4, -0.2) is 64.6 Å². The van der Waals surface area contributed by atoms with Gasteiger partial charge >= 0.3 is 0 Å². The van der Waals surface area contributed by atoms with Crippen LogP contribution in [0, 0.1) is 0 Å². The van der Waals surface area contributed by atoms with E-state index >= 15 is 0 Å². The number of nitrogens with zero attached hydrogens (tertiary/aromatic N) is 6. The molecule has 4 aromatic heterocycles. The smallest absolute Gasteiger partial charge is 0.223 e. The highest BCUT2D eigenvalue weighted by atomic mass is 16.5. The lowest BCUT2D eigenvalue weighted by atomic mass is 10.1. The van der Waals surface area contributed by atoms with Crippen LogP contribution in [-0.2, 0) is 22.4 Å². The van der Waals surface area contributed by atoms with Gasteiger partial charge in [-0.3, -0.25) is 19.6 Å². The zero-order valence-corrected chi connectivity index (χ0v) is 29.5. The highest BCUT2D eigenvalue weighted by Gasteiger charge is 2.33. The van der Waals surface area contributed by atoms with E-state index in [1.807, 2.05) is 107 Å². The summed E-state index contributed by atoms with van der Waals surface area (Å²) in [5.74, 6) is 3.33. The molecule has 2 aliphatic rings. The molecule has 0 radical (unpaired) electrons. The number of nitrogens with one attached hydrogen (secondary N) is 2. The maximum absolute atomic E-state index is 13.2. The number of amides is 2. The Balaban J connectivity index is 0.880. The number of hydrogen-bond acceptors (Lipinski definition) is 7. The number of aromatic nitrogens is 6. The highest BCUT2D eigenvalue weighted by Crippen LogP contribution is 2.35. The third-order valence-electron chi connectivity index (χ3n) is 10.2. The molecule has 8 rings (SSSR count). The number of ether oxygens (including phenoxy) is 1. The first-order chi connectivity index (χ1) is 26.1. The van der Waals surface area contributed by atoms with Crippen LogP contribution in [0.4, 0.5) is 0 Å². The van der Waals surface area contributed by atoms with Crippen LogP contribution in [0.1, 0.15) is 73.4 Å². The minimum Gasteiger partial charge on any atom is -0.457 e. The van der Waals surface area contributed by atoms with Crippen LogP contribution in [0.5, 0.6) is 11.5 Å². The molecule has 2 aromatic carbocycles. The molecule has 0 aliphatic carbocycles. The number of carbonyl (C=O) groups excluding carboxylic acids is 2. The number of H-pyrrole nitrogens is 2. The molecule has 2 amide bonds. The van der Waals surface area contributed by atoms with Crippen molar-refractivity contribution in [3.8, 4) is 34.0 Å². The number of hydrogen-bond donors (Lipinski definition) is 2. The van der Waals surface area contributed by atoms with Crippen LogP contribution in [0.15, 0.2) is 110 Å². The van der Waals surface area contributed by atoms with Crippen molar-refractivity contribution in [2.45, 2.75) is 63.5 Å². The summed E-state index contributed by atoms with van der Waals surface area (Å²) >= 11 is 0. The van der Waals surface area contributed by atoms with E-state index in [0.29, 0.717) is 37.2 Å². The van der Waals surface area contributed by atoms with Crippen molar-refractivity contribution >= 4 is 11.8 Å². The van der Waals surface area contributed by atoms with Crippen LogP contribution < -0.4 is 4.74 Å². The normalized spacial score (nSPS) is 17.0. The summed E-state index contributed by atoms with van der Waals surface area (Å²) < 4.78 is 6.26. The summed E-state index contributed by atoms with van der Waals surface area (Å²) in [4.78, 5) is 55.0. The van der Waals surface area contributed by atoms with Gasteiger partial charge in [0.15, 0.2) is 0 Å². The number of carbonyl (C=O) groups is 2. The quantitative estimate of drug-likeness (QED) is 0.134. The van der Waals surface area contributed by atoms with E-state index < -0.39 is 0 Å². The van der Waals surface area contributed by atoms with Crippen molar-refractivity contribution in [1.82, 2.24) is 39.7 Å². The fraction of sp³-hybridized carbons (Fsp3) is 0.286. The molecule has 2 aliphatic heterocycles. The van der Waals surface area contributed by atoms with Crippen LogP contribution in [0.2, 0.25) is 0 Å². The van der Waals surface area contributed by atoms with E-state index in [2.05, 4.69) is 19.9 Å². The van der Waals surface area contributed by atoms with Gasteiger partial charge in [-0.2, -0.15) is 0 Å². The van der Waals surface area contributed by atoms with Crippen molar-refractivity contribution in [2.75, 3.05) is 13.1 Å². The maximum Gasteiger partial charge on any atom is 0.223 e.